The van der Waals surface area contributed by atoms with Crippen molar-refractivity contribution in [2.45, 2.75) is 19.9 Å². The zero-order chi connectivity index (χ0) is 10.8. The van der Waals surface area contributed by atoms with Crippen LogP contribution in [0.3, 0.4) is 0 Å². The van der Waals surface area contributed by atoms with Crippen molar-refractivity contribution in [3.05, 3.63) is 27.3 Å². The fourth-order valence-electron chi connectivity index (χ4n) is 2.03. The standard InChI is InChI=1S/C12H16INO/c1-9-7-11(13)3-4-12(9)14-5-6-15-8-10(14)2/h3-4,7,10H,5-6,8H2,1-2H3. The summed E-state index contributed by atoms with van der Waals surface area (Å²) in [4.78, 5) is 2.44. The number of hydrogen-bond donors (Lipinski definition) is 0. The van der Waals surface area contributed by atoms with E-state index in [9.17, 15) is 0 Å². The molecule has 0 aliphatic carbocycles. The van der Waals surface area contributed by atoms with E-state index in [1.807, 2.05) is 0 Å². The smallest absolute Gasteiger partial charge is 0.0668 e. The number of benzene rings is 1. The minimum absolute atomic E-state index is 0.484. The summed E-state index contributed by atoms with van der Waals surface area (Å²) >= 11 is 2.36. The Morgan fingerprint density at radius 1 is 1.47 bits per heavy atom. The molecule has 1 aliphatic heterocycles. The van der Waals surface area contributed by atoms with E-state index in [1.54, 1.807) is 0 Å². The van der Waals surface area contributed by atoms with Crippen LogP contribution in [0, 0.1) is 10.5 Å². The molecular weight excluding hydrogens is 301 g/mol. The lowest BCUT2D eigenvalue weighted by molar-refractivity contribution is 0.0989. The Bertz CT molecular complexity index is 353. The molecule has 82 valence electrons. The zero-order valence-corrected chi connectivity index (χ0v) is 11.3. The van der Waals surface area contributed by atoms with Crippen LogP contribution >= 0.6 is 22.6 Å². The molecule has 1 fully saturated rings. The third-order valence-corrected chi connectivity index (χ3v) is 3.51. The summed E-state index contributed by atoms with van der Waals surface area (Å²) in [6, 6.07) is 7.11. The molecule has 2 rings (SSSR count). The minimum Gasteiger partial charge on any atom is -0.377 e. The van der Waals surface area contributed by atoms with Gasteiger partial charge in [-0.3, -0.25) is 0 Å². The molecule has 1 unspecified atom stereocenters. The second kappa shape index (κ2) is 4.70. The zero-order valence-electron chi connectivity index (χ0n) is 9.16. The number of anilines is 1. The molecule has 0 amide bonds. The molecule has 1 aromatic rings. The third kappa shape index (κ3) is 2.45. The summed E-state index contributed by atoms with van der Waals surface area (Å²) < 4.78 is 6.75. The molecule has 1 aliphatic rings. The lowest BCUT2D eigenvalue weighted by Gasteiger charge is -2.36. The second-order valence-electron chi connectivity index (χ2n) is 4.05. The van der Waals surface area contributed by atoms with Crippen LogP contribution in [-0.4, -0.2) is 25.8 Å². The molecular formula is C12H16INO. The van der Waals surface area contributed by atoms with E-state index in [-0.39, 0.29) is 0 Å². The van der Waals surface area contributed by atoms with Gasteiger partial charge in [-0.25, -0.2) is 0 Å². The van der Waals surface area contributed by atoms with Crippen molar-refractivity contribution in [2.75, 3.05) is 24.7 Å². The molecule has 0 aromatic heterocycles. The summed E-state index contributed by atoms with van der Waals surface area (Å²) in [7, 11) is 0. The molecule has 0 radical (unpaired) electrons. The number of aryl methyl sites for hydroxylation is 1. The van der Waals surface area contributed by atoms with Gasteiger partial charge in [-0.1, -0.05) is 0 Å². The van der Waals surface area contributed by atoms with Crippen LogP contribution in [0.25, 0.3) is 0 Å². The number of morpholine rings is 1. The second-order valence-corrected chi connectivity index (χ2v) is 5.29. The van der Waals surface area contributed by atoms with Crippen molar-refractivity contribution in [2.24, 2.45) is 0 Å². The molecule has 0 N–H and O–H groups in total. The van der Waals surface area contributed by atoms with Crippen molar-refractivity contribution in [3.8, 4) is 0 Å². The van der Waals surface area contributed by atoms with Crippen LogP contribution in [-0.2, 0) is 4.74 Å². The molecule has 0 saturated carbocycles. The summed E-state index contributed by atoms with van der Waals surface area (Å²) in [6.45, 7) is 7.08. The first-order valence-electron chi connectivity index (χ1n) is 5.29. The molecule has 1 aromatic carbocycles. The Kier molecular flexibility index (Phi) is 3.51. The molecule has 3 heteroatoms. The van der Waals surface area contributed by atoms with Crippen molar-refractivity contribution < 1.29 is 4.74 Å². The summed E-state index contributed by atoms with van der Waals surface area (Å²) in [5.74, 6) is 0. The maximum absolute atomic E-state index is 5.45. The average molecular weight is 317 g/mol. The number of nitrogens with zero attached hydrogens (tertiary/aromatic N) is 1. The lowest BCUT2D eigenvalue weighted by Crippen LogP contribution is -2.44. The van der Waals surface area contributed by atoms with Crippen molar-refractivity contribution in [1.29, 1.82) is 0 Å². The van der Waals surface area contributed by atoms with Gasteiger partial charge in [0.15, 0.2) is 0 Å². The molecule has 1 heterocycles. The number of rotatable bonds is 1. The summed E-state index contributed by atoms with van der Waals surface area (Å²) in [5, 5.41) is 0. The van der Waals surface area contributed by atoms with Gasteiger partial charge >= 0.3 is 0 Å². The van der Waals surface area contributed by atoms with E-state index in [0.717, 1.165) is 19.8 Å². The lowest BCUT2D eigenvalue weighted by atomic mass is 10.1. The van der Waals surface area contributed by atoms with Gasteiger partial charge in [0.25, 0.3) is 0 Å². The molecule has 15 heavy (non-hydrogen) atoms. The van der Waals surface area contributed by atoms with Crippen molar-refractivity contribution in [3.63, 3.8) is 0 Å². The predicted molar refractivity (Wildman–Crippen MR) is 71.5 cm³/mol. The predicted octanol–water partition coefficient (Wildman–Crippen LogP) is 2.82. The Morgan fingerprint density at radius 3 is 2.93 bits per heavy atom. The van der Waals surface area contributed by atoms with Gasteiger partial charge in [0.2, 0.25) is 0 Å². The maximum atomic E-state index is 5.45. The molecule has 2 nitrogen and oxygen atoms in total. The van der Waals surface area contributed by atoms with E-state index in [0.29, 0.717) is 6.04 Å². The van der Waals surface area contributed by atoms with Gasteiger partial charge in [-0.2, -0.15) is 0 Å². The van der Waals surface area contributed by atoms with Gasteiger partial charge < -0.3 is 9.64 Å². The van der Waals surface area contributed by atoms with E-state index >= 15 is 0 Å². The highest BCUT2D eigenvalue weighted by atomic mass is 127. The number of halogens is 1. The Labute approximate surface area is 105 Å². The summed E-state index contributed by atoms with van der Waals surface area (Å²) in [6.07, 6.45) is 0. The SMILES string of the molecule is Cc1cc(I)ccc1N1CCOCC1C. The molecule has 1 atom stereocenters. The van der Waals surface area contributed by atoms with Crippen LogP contribution in [0.15, 0.2) is 18.2 Å². The third-order valence-electron chi connectivity index (χ3n) is 2.84. The fourth-order valence-corrected chi connectivity index (χ4v) is 2.67. The van der Waals surface area contributed by atoms with E-state index in [1.165, 1.54) is 14.8 Å². The molecule has 0 bridgehead atoms. The molecule has 1 saturated heterocycles. The van der Waals surface area contributed by atoms with Crippen LogP contribution in [0.2, 0.25) is 0 Å². The fraction of sp³-hybridized carbons (Fsp3) is 0.500. The highest BCUT2D eigenvalue weighted by Gasteiger charge is 2.20. The minimum atomic E-state index is 0.484. The van der Waals surface area contributed by atoms with E-state index in [2.05, 4.69) is 59.5 Å². The number of ether oxygens (including phenoxy) is 1. The van der Waals surface area contributed by atoms with Gasteiger partial charge in [0, 0.05) is 21.8 Å². The van der Waals surface area contributed by atoms with Gasteiger partial charge in [0.05, 0.1) is 13.2 Å². The Balaban J connectivity index is 2.27. The first kappa shape index (κ1) is 11.2. The normalized spacial score (nSPS) is 21.8. The monoisotopic (exact) mass is 317 g/mol. The first-order valence-corrected chi connectivity index (χ1v) is 6.37. The van der Waals surface area contributed by atoms with Crippen LogP contribution < -0.4 is 4.90 Å². The van der Waals surface area contributed by atoms with Crippen LogP contribution in [0.4, 0.5) is 5.69 Å². The summed E-state index contributed by atoms with van der Waals surface area (Å²) in [5.41, 5.74) is 2.71. The number of hydrogen-bond acceptors (Lipinski definition) is 2. The highest BCUT2D eigenvalue weighted by Crippen LogP contribution is 2.25. The Morgan fingerprint density at radius 2 is 2.27 bits per heavy atom. The quantitative estimate of drug-likeness (QED) is 0.739. The van der Waals surface area contributed by atoms with Crippen LogP contribution in [0.5, 0.6) is 0 Å². The Hall–Kier alpha value is -0.290. The van der Waals surface area contributed by atoms with Crippen molar-refractivity contribution >= 4 is 28.3 Å². The van der Waals surface area contributed by atoms with Gasteiger partial charge in [0.1, 0.15) is 0 Å². The molecule has 0 spiro atoms. The largest absolute Gasteiger partial charge is 0.377 e. The maximum Gasteiger partial charge on any atom is 0.0668 e. The highest BCUT2D eigenvalue weighted by molar-refractivity contribution is 14.1. The van der Waals surface area contributed by atoms with Gasteiger partial charge in [-0.05, 0) is 60.2 Å². The van der Waals surface area contributed by atoms with Crippen LogP contribution in [0.1, 0.15) is 12.5 Å². The van der Waals surface area contributed by atoms with Gasteiger partial charge in [-0.15, -0.1) is 0 Å². The van der Waals surface area contributed by atoms with Crippen molar-refractivity contribution in [1.82, 2.24) is 0 Å². The topological polar surface area (TPSA) is 12.5 Å². The van der Waals surface area contributed by atoms with E-state index in [4.69, 9.17) is 4.74 Å². The first-order chi connectivity index (χ1) is 7.18. The average Bonchev–Trinajstić information content (AvgIpc) is 2.20. The van der Waals surface area contributed by atoms with E-state index < -0.39 is 0 Å².